The quantitative estimate of drug-likeness (QED) is 0.706. The van der Waals surface area contributed by atoms with Gasteiger partial charge in [0.2, 0.25) is 11.8 Å². The summed E-state index contributed by atoms with van der Waals surface area (Å²) in [6, 6.07) is 1.44. The minimum Gasteiger partial charge on any atom is -0.367 e. The van der Waals surface area contributed by atoms with E-state index in [9.17, 15) is 23.6 Å². The molecule has 3 aliphatic heterocycles. The molecule has 1 aromatic rings. The molecule has 1 aromatic carbocycles. The number of piperidine rings is 1. The number of anilines is 1. The van der Waals surface area contributed by atoms with Gasteiger partial charge in [-0.3, -0.25) is 29.4 Å². The Kier molecular flexibility index (Phi) is 4.65. The Labute approximate surface area is 167 Å². The smallest absolute Gasteiger partial charge is 0.262 e. The molecule has 0 aromatic heterocycles. The van der Waals surface area contributed by atoms with Gasteiger partial charge in [0.1, 0.15) is 11.9 Å². The van der Waals surface area contributed by atoms with Crippen LogP contribution in [0.15, 0.2) is 12.1 Å². The molecule has 2 N–H and O–H groups in total. The summed E-state index contributed by atoms with van der Waals surface area (Å²) < 4.78 is 14.9. The summed E-state index contributed by atoms with van der Waals surface area (Å²) in [4.78, 5) is 52.0. The summed E-state index contributed by atoms with van der Waals surface area (Å²) in [6.07, 6.45) is 0.108. The molecule has 1 unspecified atom stereocenters. The zero-order chi connectivity index (χ0) is 20.9. The van der Waals surface area contributed by atoms with Crippen LogP contribution in [0.4, 0.5) is 10.1 Å². The molecule has 8 nitrogen and oxygen atoms in total. The molecule has 2 saturated heterocycles. The van der Waals surface area contributed by atoms with Crippen molar-refractivity contribution in [1.82, 2.24) is 15.5 Å². The largest absolute Gasteiger partial charge is 0.367 e. The lowest BCUT2D eigenvalue weighted by atomic mass is 9.93. The van der Waals surface area contributed by atoms with Crippen molar-refractivity contribution >= 4 is 29.3 Å². The summed E-state index contributed by atoms with van der Waals surface area (Å²) in [5, 5.41) is 5.47. The van der Waals surface area contributed by atoms with E-state index in [0.717, 1.165) is 17.5 Å². The maximum absolute atomic E-state index is 14.9. The summed E-state index contributed by atoms with van der Waals surface area (Å²) in [6.45, 7) is 6.77. The molecule has 0 bridgehead atoms. The first-order valence-corrected chi connectivity index (χ1v) is 9.69. The van der Waals surface area contributed by atoms with E-state index >= 15 is 0 Å². The first-order chi connectivity index (χ1) is 13.7. The molecule has 2 fully saturated rings. The topological polar surface area (TPSA) is 98.8 Å². The Morgan fingerprint density at radius 1 is 1.10 bits per heavy atom. The number of rotatable bonds is 2. The lowest BCUT2D eigenvalue weighted by Crippen LogP contribution is -2.54. The van der Waals surface area contributed by atoms with E-state index in [0.29, 0.717) is 19.6 Å². The van der Waals surface area contributed by atoms with Crippen LogP contribution < -0.4 is 15.5 Å². The first-order valence-electron chi connectivity index (χ1n) is 9.69. The van der Waals surface area contributed by atoms with E-state index in [1.54, 1.807) is 0 Å². The number of nitrogens with one attached hydrogen (secondary N) is 2. The predicted octanol–water partition coefficient (Wildman–Crippen LogP) is 0.663. The molecule has 0 saturated carbocycles. The summed E-state index contributed by atoms with van der Waals surface area (Å²) in [5.41, 5.74) is 0.214. The molecule has 154 valence electrons. The van der Waals surface area contributed by atoms with Crippen molar-refractivity contribution in [3.63, 3.8) is 0 Å². The number of nitrogens with zero attached hydrogens (tertiary/aromatic N) is 2. The third-order valence-corrected chi connectivity index (χ3v) is 5.63. The van der Waals surface area contributed by atoms with Crippen LogP contribution in [-0.4, -0.2) is 60.7 Å². The maximum atomic E-state index is 14.9. The molecule has 4 amide bonds. The number of benzene rings is 1. The molecule has 1 atom stereocenters. The number of fused-ring (bicyclic) bond motifs is 1. The number of hydrogen-bond donors (Lipinski definition) is 2. The minimum atomic E-state index is -1.06. The van der Waals surface area contributed by atoms with Crippen molar-refractivity contribution in [1.29, 1.82) is 0 Å². The Morgan fingerprint density at radius 2 is 1.79 bits per heavy atom. The normalized spacial score (nSPS) is 24.4. The van der Waals surface area contributed by atoms with Gasteiger partial charge in [0.25, 0.3) is 11.8 Å². The van der Waals surface area contributed by atoms with Gasteiger partial charge < -0.3 is 10.2 Å². The van der Waals surface area contributed by atoms with Gasteiger partial charge in [0.05, 0.1) is 16.8 Å². The number of imide groups is 2. The molecule has 0 radical (unpaired) electrons. The highest BCUT2D eigenvalue weighted by Gasteiger charge is 2.45. The lowest BCUT2D eigenvalue weighted by molar-refractivity contribution is -0.136. The number of amides is 4. The number of halogens is 1. The fourth-order valence-electron chi connectivity index (χ4n) is 4.22. The maximum Gasteiger partial charge on any atom is 0.262 e. The van der Waals surface area contributed by atoms with Gasteiger partial charge in [-0.25, -0.2) is 4.39 Å². The standard InChI is InChI=1S/C20H23FN4O4/c1-20(2)9-22-5-6-24(10-20)15-8-12-11(7-13(15)21)18(28)25(19(12)29)14-3-4-16(26)23-17(14)27/h7-8,14,22H,3-6,9-10H2,1-2H3,(H,23,26,27). The third-order valence-electron chi connectivity index (χ3n) is 5.63. The fourth-order valence-corrected chi connectivity index (χ4v) is 4.22. The molecule has 0 spiro atoms. The highest BCUT2D eigenvalue weighted by molar-refractivity contribution is 6.23. The predicted molar refractivity (Wildman–Crippen MR) is 102 cm³/mol. The first kappa shape index (κ1) is 19.5. The van der Waals surface area contributed by atoms with E-state index in [1.807, 2.05) is 4.90 Å². The molecule has 3 aliphatic rings. The molecule has 3 heterocycles. The van der Waals surface area contributed by atoms with Crippen LogP contribution in [0.25, 0.3) is 0 Å². The number of hydrogen-bond acceptors (Lipinski definition) is 6. The van der Waals surface area contributed by atoms with E-state index in [2.05, 4.69) is 24.5 Å². The van der Waals surface area contributed by atoms with Gasteiger partial charge in [-0.1, -0.05) is 13.8 Å². The Hall–Kier alpha value is -2.81. The average molecular weight is 402 g/mol. The minimum absolute atomic E-state index is 0.0410. The molecule has 9 heteroatoms. The highest BCUT2D eigenvalue weighted by atomic mass is 19.1. The van der Waals surface area contributed by atoms with Crippen LogP contribution in [-0.2, 0) is 9.59 Å². The van der Waals surface area contributed by atoms with Crippen LogP contribution in [0.1, 0.15) is 47.4 Å². The van der Waals surface area contributed by atoms with Gasteiger partial charge in [0, 0.05) is 32.6 Å². The van der Waals surface area contributed by atoms with Crippen LogP contribution >= 0.6 is 0 Å². The van der Waals surface area contributed by atoms with E-state index in [1.165, 1.54) is 6.07 Å². The number of carbonyl (C=O) groups is 4. The van der Waals surface area contributed by atoms with Gasteiger partial charge in [-0.2, -0.15) is 0 Å². The Morgan fingerprint density at radius 3 is 2.48 bits per heavy atom. The monoisotopic (exact) mass is 402 g/mol. The number of carbonyl (C=O) groups excluding carboxylic acids is 4. The van der Waals surface area contributed by atoms with Gasteiger partial charge in [-0.05, 0) is 24.0 Å². The van der Waals surface area contributed by atoms with Gasteiger partial charge >= 0.3 is 0 Å². The summed E-state index contributed by atoms with van der Waals surface area (Å²) >= 11 is 0. The zero-order valence-corrected chi connectivity index (χ0v) is 16.4. The second-order valence-electron chi connectivity index (χ2n) is 8.56. The molecular weight excluding hydrogens is 379 g/mol. The van der Waals surface area contributed by atoms with Crippen LogP contribution in [0.2, 0.25) is 0 Å². The molecular formula is C20H23FN4O4. The molecule has 0 aliphatic carbocycles. The Bertz CT molecular complexity index is 929. The lowest BCUT2D eigenvalue weighted by Gasteiger charge is -2.31. The van der Waals surface area contributed by atoms with E-state index < -0.39 is 35.5 Å². The fraction of sp³-hybridized carbons (Fsp3) is 0.500. The van der Waals surface area contributed by atoms with Gasteiger partial charge in [0.15, 0.2) is 0 Å². The van der Waals surface area contributed by atoms with Gasteiger partial charge in [-0.15, -0.1) is 0 Å². The molecule has 4 rings (SSSR count). The highest BCUT2D eigenvalue weighted by Crippen LogP contribution is 2.34. The summed E-state index contributed by atoms with van der Waals surface area (Å²) in [5.74, 6) is -3.03. The average Bonchev–Trinajstić information content (AvgIpc) is 2.78. The second kappa shape index (κ2) is 6.91. The van der Waals surface area contributed by atoms with Crippen molar-refractivity contribution in [2.45, 2.75) is 32.7 Å². The van der Waals surface area contributed by atoms with E-state index in [-0.39, 0.29) is 35.1 Å². The zero-order valence-electron chi connectivity index (χ0n) is 16.4. The van der Waals surface area contributed by atoms with E-state index in [4.69, 9.17) is 0 Å². The van der Waals surface area contributed by atoms with Crippen LogP contribution in [0, 0.1) is 11.2 Å². The van der Waals surface area contributed by atoms with Crippen molar-refractivity contribution < 1.29 is 23.6 Å². The SMILES string of the molecule is CC1(C)CNCCN(c2cc3c(cc2F)C(=O)N(C2CCC(=O)NC2=O)C3=O)C1. The van der Waals surface area contributed by atoms with Crippen molar-refractivity contribution in [2.75, 3.05) is 31.1 Å². The van der Waals surface area contributed by atoms with Crippen LogP contribution in [0.5, 0.6) is 0 Å². The van der Waals surface area contributed by atoms with Crippen molar-refractivity contribution in [3.05, 3.63) is 29.1 Å². The van der Waals surface area contributed by atoms with Crippen molar-refractivity contribution in [2.24, 2.45) is 5.41 Å². The molecule has 29 heavy (non-hydrogen) atoms. The van der Waals surface area contributed by atoms with Crippen LogP contribution in [0.3, 0.4) is 0 Å². The third kappa shape index (κ3) is 3.39. The second-order valence-corrected chi connectivity index (χ2v) is 8.56. The summed E-state index contributed by atoms with van der Waals surface area (Å²) in [7, 11) is 0. The Balaban J connectivity index is 1.68. The van der Waals surface area contributed by atoms with Crippen molar-refractivity contribution in [3.8, 4) is 0 Å².